The summed E-state index contributed by atoms with van der Waals surface area (Å²) in [6, 6.07) is 5.58. The maximum Gasteiger partial charge on any atom is 0.257 e. The first-order valence-electron chi connectivity index (χ1n) is 6.18. The van der Waals surface area contributed by atoms with Crippen LogP contribution in [0.15, 0.2) is 18.3 Å². The summed E-state index contributed by atoms with van der Waals surface area (Å²) >= 11 is 0. The van der Waals surface area contributed by atoms with E-state index in [1.54, 1.807) is 12.3 Å². The summed E-state index contributed by atoms with van der Waals surface area (Å²) in [6.07, 6.45) is 1.89. The van der Waals surface area contributed by atoms with Gasteiger partial charge in [-0.25, -0.2) is 0 Å². The number of hydrogen-bond acceptors (Lipinski definition) is 5. The number of pyridine rings is 1. The third kappa shape index (κ3) is 6.38. The second-order valence-corrected chi connectivity index (χ2v) is 3.81. The molecule has 0 fully saturated rings. The van der Waals surface area contributed by atoms with Gasteiger partial charge in [-0.3, -0.25) is 9.78 Å². The fourth-order valence-corrected chi connectivity index (χ4v) is 1.31. The Labute approximate surface area is 112 Å². The molecule has 1 heterocycles. The molecule has 6 nitrogen and oxygen atoms in total. The van der Waals surface area contributed by atoms with Crippen LogP contribution in [0.25, 0.3) is 0 Å². The van der Waals surface area contributed by atoms with Crippen LogP contribution in [0.2, 0.25) is 0 Å². The molecule has 6 heteroatoms. The molecule has 19 heavy (non-hydrogen) atoms. The van der Waals surface area contributed by atoms with Gasteiger partial charge in [-0.1, -0.05) is 6.92 Å². The highest BCUT2D eigenvalue weighted by atomic mass is 16.5. The molecular weight excluding hydrogens is 244 g/mol. The topological polar surface area (TPSA) is 87.0 Å². The summed E-state index contributed by atoms with van der Waals surface area (Å²) < 4.78 is 5.28. The number of nitriles is 1. The third-order valence-corrected chi connectivity index (χ3v) is 2.28. The van der Waals surface area contributed by atoms with E-state index in [1.165, 1.54) is 0 Å². The molecule has 0 aliphatic rings. The fourth-order valence-electron chi connectivity index (χ4n) is 1.31. The highest BCUT2D eigenvalue weighted by Gasteiger charge is 2.02. The van der Waals surface area contributed by atoms with Crippen LogP contribution in [-0.2, 0) is 11.3 Å². The van der Waals surface area contributed by atoms with Gasteiger partial charge >= 0.3 is 0 Å². The van der Waals surface area contributed by atoms with E-state index in [0.29, 0.717) is 25.3 Å². The normalized spacial score (nSPS) is 9.68. The minimum Gasteiger partial charge on any atom is -0.482 e. The Hall–Kier alpha value is -2.13. The van der Waals surface area contributed by atoms with Crippen molar-refractivity contribution in [1.82, 2.24) is 15.6 Å². The highest BCUT2D eigenvalue weighted by molar-refractivity contribution is 5.77. The van der Waals surface area contributed by atoms with Gasteiger partial charge in [0, 0.05) is 13.1 Å². The van der Waals surface area contributed by atoms with Crippen LogP contribution >= 0.6 is 0 Å². The molecule has 1 aromatic heterocycles. The van der Waals surface area contributed by atoms with Crippen LogP contribution in [0.3, 0.4) is 0 Å². The molecule has 1 aromatic rings. The van der Waals surface area contributed by atoms with E-state index in [1.807, 2.05) is 19.1 Å². The van der Waals surface area contributed by atoms with Crippen LogP contribution in [0, 0.1) is 11.3 Å². The minimum atomic E-state index is -0.244. The zero-order valence-corrected chi connectivity index (χ0v) is 11.0. The molecular formula is C13H18N4O2. The Kier molecular flexibility index (Phi) is 6.98. The van der Waals surface area contributed by atoms with E-state index in [0.717, 1.165) is 12.2 Å². The molecule has 0 radical (unpaired) electrons. The lowest BCUT2D eigenvalue weighted by atomic mass is 10.3. The Morgan fingerprint density at radius 1 is 1.53 bits per heavy atom. The number of ether oxygens (including phenoxy) is 1. The first-order chi connectivity index (χ1) is 9.26. The van der Waals surface area contributed by atoms with Crippen LogP contribution in [0.4, 0.5) is 0 Å². The SMILES string of the molecule is CCNCc1ccc(OCC(=O)NCCC#N)cn1. The lowest BCUT2D eigenvalue weighted by molar-refractivity contribution is -0.123. The van der Waals surface area contributed by atoms with E-state index in [9.17, 15) is 4.79 Å². The molecule has 0 saturated heterocycles. The van der Waals surface area contributed by atoms with Crippen LogP contribution in [-0.4, -0.2) is 30.6 Å². The summed E-state index contributed by atoms with van der Waals surface area (Å²) in [6.45, 7) is 3.91. The number of hydrogen-bond donors (Lipinski definition) is 2. The van der Waals surface area contributed by atoms with Gasteiger partial charge in [-0.05, 0) is 18.7 Å². The average molecular weight is 262 g/mol. The van der Waals surface area contributed by atoms with Gasteiger partial charge in [0.25, 0.3) is 5.91 Å². The number of aromatic nitrogens is 1. The molecule has 1 rings (SSSR count). The fraction of sp³-hybridized carbons (Fsp3) is 0.462. The summed E-state index contributed by atoms with van der Waals surface area (Å²) in [5, 5.41) is 14.1. The van der Waals surface area contributed by atoms with E-state index in [4.69, 9.17) is 10.00 Å². The predicted molar refractivity (Wildman–Crippen MR) is 70.4 cm³/mol. The van der Waals surface area contributed by atoms with Crippen LogP contribution in [0.1, 0.15) is 19.0 Å². The van der Waals surface area contributed by atoms with Crippen molar-refractivity contribution in [3.05, 3.63) is 24.0 Å². The van der Waals surface area contributed by atoms with Crippen molar-refractivity contribution in [2.45, 2.75) is 19.9 Å². The summed E-state index contributed by atoms with van der Waals surface area (Å²) in [4.78, 5) is 15.5. The number of amides is 1. The average Bonchev–Trinajstić information content (AvgIpc) is 2.44. The van der Waals surface area contributed by atoms with Gasteiger partial charge in [0.05, 0.1) is 24.4 Å². The van der Waals surface area contributed by atoms with E-state index >= 15 is 0 Å². The molecule has 1 amide bonds. The summed E-state index contributed by atoms with van der Waals surface area (Å²) in [5.41, 5.74) is 0.924. The van der Waals surface area contributed by atoms with Gasteiger partial charge in [0.15, 0.2) is 6.61 Å². The smallest absolute Gasteiger partial charge is 0.257 e. The van der Waals surface area contributed by atoms with Crippen molar-refractivity contribution in [3.8, 4) is 11.8 Å². The molecule has 0 unspecified atom stereocenters. The van der Waals surface area contributed by atoms with Crippen LogP contribution < -0.4 is 15.4 Å². The first-order valence-corrected chi connectivity index (χ1v) is 6.18. The number of nitrogens with one attached hydrogen (secondary N) is 2. The third-order valence-electron chi connectivity index (χ3n) is 2.28. The van der Waals surface area contributed by atoms with E-state index in [-0.39, 0.29) is 12.5 Å². The van der Waals surface area contributed by atoms with Gasteiger partial charge in [-0.15, -0.1) is 0 Å². The standard InChI is InChI=1S/C13H18N4O2/c1-2-15-8-11-4-5-12(9-17-11)19-10-13(18)16-7-3-6-14/h4-5,9,15H,2-3,7-8,10H2,1H3,(H,16,18). The zero-order chi connectivity index (χ0) is 13.9. The van der Waals surface area contributed by atoms with Gasteiger partial charge < -0.3 is 15.4 Å². The van der Waals surface area contributed by atoms with Gasteiger partial charge in [0.2, 0.25) is 0 Å². The molecule has 0 aliphatic carbocycles. The maximum absolute atomic E-state index is 11.3. The minimum absolute atomic E-state index is 0.0698. The lowest BCUT2D eigenvalue weighted by Crippen LogP contribution is -2.29. The predicted octanol–water partition coefficient (Wildman–Crippen LogP) is 0.600. The number of carbonyl (C=O) groups excluding carboxylic acids is 1. The molecule has 2 N–H and O–H groups in total. The summed E-state index contributed by atoms with van der Waals surface area (Å²) in [5.74, 6) is 0.308. The second kappa shape index (κ2) is 8.89. The quantitative estimate of drug-likeness (QED) is 0.670. The molecule has 0 aromatic carbocycles. The molecule has 0 bridgehead atoms. The lowest BCUT2D eigenvalue weighted by Gasteiger charge is -2.07. The highest BCUT2D eigenvalue weighted by Crippen LogP contribution is 2.08. The molecule has 0 aliphatic heterocycles. The van der Waals surface area contributed by atoms with Crippen molar-refractivity contribution >= 4 is 5.91 Å². The Morgan fingerprint density at radius 3 is 3.00 bits per heavy atom. The number of carbonyl (C=O) groups is 1. The van der Waals surface area contributed by atoms with Crippen molar-refractivity contribution in [2.24, 2.45) is 0 Å². The van der Waals surface area contributed by atoms with Crippen LogP contribution in [0.5, 0.6) is 5.75 Å². The zero-order valence-electron chi connectivity index (χ0n) is 11.0. The Bertz CT molecular complexity index is 425. The number of rotatable bonds is 8. The van der Waals surface area contributed by atoms with Gasteiger partial charge in [-0.2, -0.15) is 5.26 Å². The van der Waals surface area contributed by atoms with Crippen molar-refractivity contribution < 1.29 is 9.53 Å². The van der Waals surface area contributed by atoms with E-state index < -0.39 is 0 Å². The monoisotopic (exact) mass is 262 g/mol. The van der Waals surface area contributed by atoms with Crippen molar-refractivity contribution in [2.75, 3.05) is 19.7 Å². The van der Waals surface area contributed by atoms with Crippen molar-refractivity contribution in [3.63, 3.8) is 0 Å². The van der Waals surface area contributed by atoms with Crippen molar-refractivity contribution in [1.29, 1.82) is 5.26 Å². The second-order valence-electron chi connectivity index (χ2n) is 3.81. The Morgan fingerprint density at radius 2 is 2.37 bits per heavy atom. The summed E-state index contributed by atoms with van der Waals surface area (Å²) in [7, 11) is 0. The Balaban J connectivity index is 2.29. The molecule has 0 saturated carbocycles. The number of nitrogens with zero attached hydrogens (tertiary/aromatic N) is 2. The molecule has 0 atom stereocenters. The van der Waals surface area contributed by atoms with E-state index in [2.05, 4.69) is 15.6 Å². The molecule has 0 spiro atoms. The molecule has 102 valence electrons. The maximum atomic E-state index is 11.3. The van der Waals surface area contributed by atoms with Gasteiger partial charge in [0.1, 0.15) is 5.75 Å². The largest absolute Gasteiger partial charge is 0.482 e. The first kappa shape index (κ1) is 14.9.